The van der Waals surface area contributed by atoms with Crippen molar-refractivity contribution in [3.8, 4) is 0 Å². The summed E-state index contributed by atoms with van der Waals surface area (Å²) in [7, 11) is 0. The Morgan fingerprint density at radius 2 is 2.06 bits per heavy atom. The molecule has 1 atom stereocenters. The summed E-state index contributed by atoms with van der Waals surface area (Å²) >= 11 is 0. The van der Waals surface area contributed by atoms with Gasteiger partial charge in [-0.1, -0.05) is 0 Å². The van der Waals surface area contributed by atoms with Crippen LogP contribution in [0.2, 0.25) is 0 Å². The first-order valence-corrected chi connectivity index (χ1v) is 5.40. The topological polar surface area (TPSA) is 89.5 Å². The number of nitro benzene ring substituents is 1. The number of amides is 1. The zero-order valence-electron chi connectivity index (χ0n) is 9.20. The van der Waals surface area contributed by atoms with Gasteiger partial charge in [0, 0.05) is 24.4 Å². The van der Waals surface area contributed by atoms with E-state index in [1.165, 1.54) is 12.1 Å². The standard InChI is InChI=1S/C11H13N3O3/c12-11(15)10-2-1-7-13(10)8-3-5-9(6-4-8)14(16)17/h3-6,10H,1-2,7H2,(H2,12,15)/t10-/m0/s1. The molecule has 0 aliphatic carbocycles. The first kappa shape index (κ1) is 11.4. The first-order valence-electron chi connectivity index (χ1n) is 5.40. The number of anilines is 1. The maximum Gasteiger partial charge on any atom is 0.269 e. The zero-order valence-corrected chi connectivity index (χ0v) is 9.20. The molecular weight excluding hydrogens is 222 g/mol. The number of nitro groups is 1. The lowest BCUT2D eigenvalue weighted by Gasteiger charge is -2.24. The molecule has 2 rings (SSSR count). The van der Waals surface area contributed by atoms with Crippen LogP contribution in [0.25, 0.3) is 0 Å². The molecule has 1 saturated heterocycles. The van der Waals surface area contributed by atoms with Gasteiger partial charge in [0.25, 0.3) is 5.69 Å². The number of hydrogen-bond acceptors (Lipinski definition) is 4. The summed E-state index contributed by atoms with van der Waals surface area (Å²) in [5.41, 5.74) is 6.16. The second-order valence-corrected chi connectivity index (χ2v) is 4.03. The first-order chi connectivity index (χ1) is 8.09. The molecule has 6 heteroatoms. The minimum Gasteiger partial charge on any atom is -0.368 e. The molecule has 90 valence electrons. The summed E-state index contributed by atoms with van der Waals surface area (Å²) < 4.78 is 0. The molecule has 0 aromatic heterocycles. The van der Waals surface area contributed by atoms with Crippen molar-refractivity contribution in [3.63, 3.8) is 0 Å². The molecule has 0 spiro atoms. The second kappa shape index (κ2) is 4.40. The monoisotopic (exact) mass is 235 g/mol. The normalized spacial score (nSPS) is 19.3. The highest BCUT2D eigenvalue weighted by Crippen LogP contribution is 2.26. The molecule has 0 radical (unpaired) electrons. The summed E-state index contributed by atoms with van der Waals surface area (Å²) in [5, 5.41) is 10.5. The lowest BCUT2D eigenvalue weighted by atomic mass is 10.2. The summed E-state index contributed by atoms with van der Waals surface area (Å²) in [6, 6.07) is 5.88. The van der Waals surface area contributed by atoms with E-state index in [2.05, 4.69) is 0 Å². The fraction of sp³-hybridized carbons (Fsp3) is 0.364. The number of carbonyl (C=O) groups excluding carboxylic acids is 1. The Morgan fingerprint density at radius 3 is 2.59 bits per heavy atom. The molecule has 1 aromatic rings. The van der Waals surface area contributed by atoms with Gasteiger partial charge >= 0.3 is 0 Å². The van der Waals surface area contributed by atoms with Crippen molar-refractivity contribution in [1.82, 2.24) is 0 Å². The highest BCUT2D eigenvalue weighted by atomic mass is 16.6. The molecule has 1 amide bonds. The molecule has 1 heterocycles. The smallest absolute Gasteiger partial charge is 0.269 e. The number of hydrogen-bond donors (Lipinski definition) is 1. The molecule has 1 aromatic carbocycles. The molecule has 0 unspecified atom stereocenters. The molecule has 1 aliphatic rings. The van der Waals surface area contributed by atoms with Crippen LogP contribution >= 0.6 is 0 Å². The summed E-state index contributed by atoms with van der Waals surface area (Å²) in [6.07, 6.45) is 1.65. The average Bonchev–Trinajstić information content (AvgIpc) is 2.78. The van der Waals surface area contributed by atoms with Gasteiger partial charge in [0.15, 0.2) is 0 Å². The maximum atomic E-state index is 11.2. The second-order valence-electron chi connectivity index (χ2n) is 4.03. The molecule has 0 bridgehead atoms. The number of benzene rings is 1. The third kappa shape index (κ3) is 2.20. The van der Waals surface area contributed by atoms with E-state index in [0.29, 0.717) is 0 Å². The van der Waals surface area contributed by atoms with Crippen LogP contribution in [0.5, 0.6) is 0 Å². The van der Waals surface area contributed by atoms with Crippen LogP contribution in [-0.2, 0) is 4.79 Å². The number of rotatable bonds is 3. The summed E-state index contributed by atoms with van der Waals surface area (Å²) in [5.74, 6) is -0.346. The quantitative estimate of drug-likeness (QED) is 0.626. The van der Waals surface area contributed by atoms with Crippen LogP contribution in [0.3, 0.4) is 0 Å². The number of nitrogens with two attached hydrogens (primary N) is 1. The van der Waals surface area contributed by atoms with Gasteiger partial charge in [0.1, 0.15) is 6.04 Å². The Bertz CT molecular complexity index is 444. The number of nitrogens with zero attached hydrogens (tertiary/aromatic N) is 2. The summed E-state index contributed by atoms with van der Waals surface area (Å²) in [4.78, 5) is 23.2. The van der Waals surface area contributed by atoms with Crippen LogP contribution in [0, 0.1) is 10.1 Å². The fourth-order valence-corrected chi connectivity index (χ4v) is 2.14. The van der Waals surface area contributed by atoms with Gasteiger partial charge in [0.05, 0.1) is 4.92 Å². The van der Waals surface area contributed by atoms with Crippen molar-refractivity contribution >= 4 is 17.3 Å². The molecule has 6 nitrogen and oxygen atoms in total. The van der Waals surface area contributed by atoms with E-state index in [-0.39, 0.29) is 17.6 Å². The van der Waals surface area contributed by atoms with Gasteiger partial charge in [-0.15, -0.1) is 0 Å². The van der Waals surface area contributed by atoms with Gasteiger partial charge in [-0.25, -0.2) is 0 Å². The molecule has 2 N–H and O–H groups in total. The van der Waals surface area contributed by atoms with E-state index in [0.717, 1.165) is 25.1 Å². The Kier molecular flexibility index (Phi) is 2.95. The molecule has 17 heavy (non-hydrogen) atoms. The third-order valence-electron chi connectivity index (χ3n) is 2.97. The SMILES string of the molecule is NC(=O)[C@@H]1CCCN1c1ccc([N+](=O)[O-])cc1. The van der Waals surface area contributed by atoms with Crippen molar-refractivity contribution in [1.29, 1.82) is 0 Å². The van der Waals surface area contributed by atoms with E-state index in [9.17, 15) is 14.9 Å². The molecular formula is C11H13N3O3. The molecule has 1 fully saturated rings. The van der Waals surface area contributed by atoms with Crippen molar-refractivity contribution in [2.45, 2.75) is 18.9 Å². The van der Waals surface area contributed by atoms with Gasteiger partial charge in [-0.2, -0.15) is 0 Å². The van der Waals surface area contributed by atoms with E-state index in [4.69, 9.17) is 5.73 Å². The predicted octanol–water partition coefficient (Wildman–Crippen LogP) is 1.05. The Labute approximate surface area is 98.2 Å². The van der Waals surface area contributed by atoms with Gasteiger partial charge in [-0.05, 0) is 25.0 Å². The predicted molar refractivity (Wildman–Crippen MR) is 62.7 cm³/mol. The fourth-order valence-electron chi connectivity index (χ4n) is 2.14. The van der Waals surface area contributed by atoms with Gasteiger partial charge < -0.3 is 10.6 Å². The number of non-ortho nitro benzene ring substituents is 1. The van der Waals surface area contributed by atoms with E-state index in [1.54, 1.807) is 12.1 Å². The van der Waals surface area contributed by atoms with Gasteiger partial charge in [0.2, 0.25) is 5.91 Å². The Hall–Kier alpha value is -2.11. The minimum absolute atomic E-state index is 0.0450. The Morgan fingerprint density at radius 1 is 1.41 bits per heavy atom. The average molecular weight is 235 g/mol. The zero-order chi connectivity index (χ0) is 12.4. The number of carbonyl (C=O) groups is 1. The Balaban J connectivity index is 2.22. The number of primary amides is 1. The van der Waals surface area contributed by atoms with Crippen LogP contribution in [0.15, 0.2) is 24.3 Å². The van der Waals surface area contributed by atoms with Crippen molar-refractivity contribution in [2.75, 3.05) is 11.4 Å². The molecule has 1 aliphatic heterocycles. The van der Waals surface area contributed by atoms with Crippen LogP contribution in [-0.4, -0.2) is 23.4 Å². The highest BCUT2D eigenvalue weighted by Gasteiger charge is 2.29. The van der Waals surface area contributed by atoms with Crippen molar-refractivity contribution in [2.24, 2.45) is 5.73 Å². The van der Waals surface area contributed by atoms with E-state index >= 15 is 0 Å². The van der Waals surface area contributed by atoms with E-state index in [1.807, 2.05) is 4.90 Å². The largest absolute Gasteiger partial charge is 0.368 e. The van der Waals surface area contributed by atoms with E-state index < -0.39 is 4.92 Å². The lowest BCUT2D eigenvalue weighted by Crippen LogP contribution is -2.40. The maximum absolute atomic E-state index is 11.2. The van der Waals surface area contributed by atoms with Crippen molar-refractivity contribution in [3.05, 3.63) is 34.4 Å². The lowest BCUT2D eigenvalue weighted by molar-refractivity contribution is -0.384. The minimum atomic E-state index is -0.445. The van der Waals surface area contributed by atoms with Crippen LogP contribution in [0.1, 0.15) is 12.8 Å². The third-order valence-corrected chi connectivity index (χ3v) is 2.97. The van der Waals surface area contributed by atoms with Gasteiger partial charge in [-0.3, -0.25) is 14.9 Å². The van der Waals surface area contributed by atoms with Crippen molar-refractivity contribution < 1.29 is 9.72 Å². The van der Waals surface area contributed by atoms with Crippen LogP contribution in [0.4, 0.5) is 11.4 Å². The van der Waals surface area contributed by atoms with Crippen LogP contribution < -0.4 is 10.6 Å². The summed E-state index contributed by atoms with van der Waals surface area (Å²) in [6.45, 7) is 0.755. The highest BCUT2D eigenvalue weighted by molar-refractivity contribution is 5.84. The molecule has 0 saturated carbocycles.